The summed E-state index contributed by atoms with van der Waals surface area (Å²) in [6.45, 7) is 6.83. The van der Waals surface area contributed by atoms with Gasteiger partial charge in [0.15, 0.2) is 0 Å². The van der Waals surface area contributed by atoms with Crippen LogP contribution >= 0.6 is 0 Å². The van der Waals surface area contributed by atoms with Gasteiger partial charge in [0.05, 0.1) is 6.67 Å². The third-order valence-electron chi connectivity index (χ3n) is 6.73. The third-order valence-corrected chi connectivity index (χ3v) is 6.73. The summed E-state index contributed by atoms with van der Waals surface area (Å²) in [4.78, 5) is 14.9. The van der Waals surface area contributed by atoms with Gasteiger partial charge in [-0.2, -0.15) is 0 Å². The van der Waals surface area contributed by atoms with Crippen LogP contribution < -0.4 is 0 Å². The normalized spacial score (nSPS) is 12.8. The summed E-state index contributed by atoms with van der Waals surface area (Å²) in [6, 6.07) is 0. The van der Waals surface area contributed by atoms with Crippen LogP contribution in [-0.4, -0.2) is 41.1 Å². The summed E-state index contributed by atoms with van der Waals surface area (Å²) in [6.07, 6.45) is 33.1. The molecule has 0 saturated carbocycles. The molecule has 4 heteroatoms. The maximum Gasteiger partial charge on any atom is 0.303 e. The summed E-state index contributed by atoms with van der Waals surface area (Å²) in [5, 5.41) is 8.41. The van der Waals surface area contributed by atoms with Crippen molar-refractivity contribution in [3.63, 3.8) is 0 Å². The monoisotopic (exact) mass is 480 g/mol. The third kappa shape index (κ3) is 25.4. The smallest absolute Gasteiger partial charge is 0.303 e. The van der Waals surface area contributed by atoms with E-state index in [4.69, 9.17) is 5.11 Å². The second-order valence-electron chi connectivity index (χ2n) is 10.4. The predicted octanol–water partition coefficient (Wildman–Crippen LogP) is 9.36. The molecule has 0 spiro atoms. The molecule has 0 bridgehead atoms. The molecule has 0 aromatic rings. The molecule has 1 rings (SSSR count). The minimum atomic E-state index is -0.659. The van der Waals surface area contributed by atoms with Crippen LogP contribution in [0.5, 0.6) is 0 Å². The molecule has 202 valence electrons. The molecule has 0 unspecified atom stereocenters. The van der Waals surface area contributed by atoms with Gasteiger partial charge in [-0.1, -0.05) is 136 Å². The van der Waals surface area contributed by atoms with Gasteiger partial charge in [-0.15, -0.1) is 0 Å². The summed E-state index contributed by atoms with van der Waals surface area (Å²) in [7, 11) is 2.14. The van der Waals surface area contributed by atoms with Gasteiger partial charge >= 0.3 is 5.97 Å². The largest absolute Gasteiger partial charge is 0.481 e. The van der Waals surface area contributed by atoms with E-state index in [1.165, 1.54) is 129 Å². The van der Waals surface area contributed by atoms with Gasteiger partial charge in [0.2, 0.25) is 0 Å². The highest BCUT2D eigenvalue weighted by atomic mass is 16.4. The van der Waals surface area contributed by atoms with Crippen LogP contribution in [-0.2, 0) is 4.79 Å². The van der Waals surface area contributed by atoms with Gasteiger partial charge in [-0.25, -0.2) is 0 Å². The van der Waals surface area contributed by atoms with Crippen molar-refractivity contribution in [2.45, 2.75) is 155 Å². The minimum Gasteiger partial charge on any atom is -0.481 e. The van der Waals surface area contributed by atoms with E-state index < -0.39 is 5.97 Å². The zero-order chi connectivity index (χ0) is 25.1. The molecular formula is C30H60N2O2. The number of hydrogen-bond donors (Lipinski definition) is 1. The Labute approximate surface area is 213 Å². The number of aliphatic carboxylic acids is 1. The molecule has 0 saturated heterocycles. The van der Waals surface area contributed by atoms with Crippen molar-refractivity contribution in [1.82, 2.24) is 9.80 Å². The van der Waals surface area contributed by atoms with Crippen LogP contribution in [0.3, 0.4) is 0 Å². The van der Waals surface area contributed by atoms with E-state index in [1.807, 2.05) is 0 Å². The van der Waals surface area contributed by atoms with Gasteiger partial charge in [0.1, 0.15) is 0 Å². The Morgan fingerprint density at radius 2 is 1.00 bits per heavy atom. The van der Waals surface area contributed by atoms with Crippen molar-refractivity contribution in [2.24, 2.45) is 0 Å². The first-order valence-electron chi connectivity index (χ1n) is 14.9. The minimum absolute atomic E-state index is 0.343. The standard InChI is InChI=1S/C18H36N2.C12H24O2/c1-3-4-5-6-7-8-9-10-11-12-13-14-15-20-17-16-19(2)18-20;1-2-3-4-5-6-7-8-9-10-11-12(13)14/h16-17H,3-15,18H2,1-2H3;2-11H2,1H3,(H,13,14). The summed E-state index contributed by atoms with van der Waals surface area (Å²) in [5.74, 6) is -0.659. The molecule has 0 aromatic carbocycles. The van der Waals surface area contributed by atoms with Crippen LogP contribution in [0.4, 0.5) is 0 Å². The van der Waals surface area contributed by atoms with Crippen molar-refractivity contribution in [2.75, 3.05) is 20.3 Å². The number of carboxylic acid groups (broad SMARTS) is 1. The fourth-order valence-electron chi connectivity index (χ4n) is 4.48. The first-order chi connectivity index (χ1) is 16.6. The number of unbranched alkanes of at least 4 members (excludes halogenated alkanes) is 19. The maximum absolute atomic E-state index is 10.2. The van der Waals surface area contributed by atoms with Gasteiger partial charge in [-0.3, -0.25) is 4.79 Å². The molecule has 1 N–H and O–H groups in total. The fourth-order valence-corrected chi connectivity index (χ4v) is 4.48. The SMILES string of the molecule is CCCCCCCCCCCC(=O)O.CCCCCCCCCCCCCCN1C=CN(C)C1. The van der Waals surface area contributed by atoms with E-state index in [0.717, 1.165) is 19.5 Å². The van der Waals surface area contributed by atoms with E-state index in [-0.39, 0.29) is 0 Å². The average molecular weight is 481 g/mol. The van der Waals surface area contributed by atoms with Crippen LogP contribution in [0.25, 0.3) is 0 Å². The van der Waals surface area contributed by atoms with Crippen molar-refractivity contribution in [3.05, 3.63) is 12.4 Å². The summed E-state index contributed by atoms with van der Waals surface area (Å²) in [5.41, 5.74) is 0. The molecule has 0 atom stereocenters. The highest BCUT2D eigenvalue weighted by Crippen LogP contribution is 2.13. The van der Waals surface area contributed by atoms with Gasteiger partial charge in [-0.05, 0) is 12.8 Å². The van der Waals surface area contributed by atoms with E-state index in [2.05, 4.69) is 43.1 Å². The van der Waals surface area contributed by atoms with Crippen molar-refractivity contribution < 1.29 is 9.90 Å². The lowest BCUT2D eigenvalue weighted by Crippen LogP contribution is -2.23. The number of carbonyl (C=O) groups is 1. The Bertz CT molecular complexity index is 453. The van der Waals surface area contributed by atoms with Gasteiger partial charge < -0.3 is 14.9 Å². The predicted molar refractivity (Wildman–Crippen MR) is 149 cm³/mol. The van der Waals surface area contributed by atoms with E-state index >= 15 is 0 Å². The number of carboxylic acids is 1. The zero-order valence-corrected chi connectivity index (χ0v) is 23.4. The van der Waals surface area contributed by atoms with Crippen LogP contribution in [0.2, 0.25) is 0 Å². The summed E-state index contributed by atoms with van der Waals surface area (Å²) < 4.78 is 0. The quantitative estimate of drug-likeness (QED) is 0.148. The van der Waals surface area contributed by atoms with E-state index in [9.17, 15) is 4.79 Å². The molecule has 0 radical (unpaired) electrons. The van der Waals surface area contributed by atoms with Crippen LogP contribution in [0.15, 0.2) is 12.4 Å². The first-order valence-corrected chi connectivity index (χ1v) is 14.9. The Morgan fingerprint density at radius 1 is 0.618 bits per heavy atom. The van der Waals surface area contributed by atoms with Gasteiger partial charge in [0, 0.05) is 32.4 Å². The highest BCUT2D eigenvalue weighted by molar-refractivity contribution is 5.66. The molecule has 34 heavy (non-hydrogen) atoms. The molecule has 1 aliphatic heterocycles. The van der Waals surface area contributed by atoms with E-state index in [1.54, 1.807) is 0 Å². The molecule has 0 fully saturated rings. The molecule has 1 aliphatic rings. The fraction of sp³-hybridized carbons (Fsp3) is 0.900. The van der Waals surface area contributed by atoms with Crippen LogP contribution in [0.1, 0.15) is 155 Å². The Balaban J connectivity index is 0.000000686. The number of hydrogen-bond acceptors (Lipinski definition) is 3. The molecule has 0 amide bonds. The zero-order valence-electron chi connectivity index (χ0n) is 23.4. The Morgan fingerprint density at radius 3 is 1.35 bits per heavy atom. The second-order valence-corrected chi connectivity index (χ2v) is 10.4. The van der Waals surface area contributed by atoms with Crippen LogP contribution in [0, 0.1) is 0 Å². The molecule has 0 aliphatic carbocycles. The summed E-state index contributed by atoms with van der Waals surface area (Å²) >= 11 is 0. The highest BCUT2D eigenvalue weighted by Gasteiger charge is 2.06. The molecule has 0 aromatic heterocycles. The Kier molecular flexibility index (Phi) is 25.5. The average Bonchev–Trinajstić information content (AvgIpc) is 3.24. The number of rotatable bonds is 23. The molecule has 4 nitrogen and oxygen atoms in total. The van der Waals surface area contributed by atoms with Gasteiger partial charge in [0.25, 0.3) is 0 Å². The lowest BCUT2D eigenvalue weighted by molar-refractivity contribution is -0.137. The van der Waals surface area contributed by atoms with Crippen molar-refractivity contribution in [3.8, 4) is 0 Å². The van der Waals surface area contributed by atoms with Crippen molar-refractivity contribution >= 4 is 5.97 Å². The van der Waals surface area contributed by atoms with E-state index in [0.29, 0.717) is 6.42 Å². The second kappa shape index (κ2) is 26.4. The number of nitrogens with zero attached hydrogens (tertiary/aromatic N) is 2. The molecule has 1 heterocycles. The first kappa shape index (κ1) is 32.8. The lowest BCUT2D eigenvalue weighted by Gasteiger charge is -2.17. The molecular weight excluding hydrogens is 420 g/mol. The van der Waals surface area contributed by atoms with Crippen molar-refractivity contribution in [1.29, 1.82) is 0 Å². The maximum atomic E-state index is 10.2. The lowest BCUT2D eigenvalue weighted by atomic mass is 10.1. The topological polar surface area (TPSA) is 43.8 Å². The Hall–Kier alpha value is -1.19.